The van der Waals surface area contributed by atoms with Gasteiger partial charge >= 0.3 is 0 Å². The van der Waals surface area contributed by atoms with Crippen molar-refractivity contribution in [3.63, 3.8) is 0 Å². The van der Waals surface area contributed by atoms with Crippen molar-refractivity contribution >= 4 is 40.0 Å². The van der Waals surface area contributed by atoms with Crippen molar-refractivity contribution in [3.05, 3.63) is 88.3 Å². The number of carbonyl (C=O) groups excluding carboxylic acids is 2. The van der Waals surface area contributed by atoms with E-state index in [1.807, 2.05) is 0 Å². The van der Waals surface area contributed by atoms with E-state index in [-0.39, 0.29) is 22.1 Å². The van der Waals surface area contributed by atoms with Crippen LogP contribution in [-0.4, -0.2) is 23.9 Å². The Morgan fingerprint density at radius 2 is 1.61 bits per heavy atom. The number of aryl methyl sites for hydroxylation is 1. The van der Waals surface area contributed by atoms with Crippen LogP contribution in [0.15, 0.2) is 60.7 Å². The number of nitrogens with zero attached hydrogens (tertiary/aromatic N) is 2. The molecule has 6 nitrogen and oxygen atoms in total. The molecule has 1 aliphatic rings. The van der Waals surface area contributed by atoms with Gasteiger partial charge in [-0.15, -0.1) is 0 Å². The summed E-state index contributed by atoms with van der Waals surface area (Å²) in [6.07, 6.45) is 0. The molecular formula is C25H16ClFN2O4. The Bertz CT molecular complexity index is 1420. The maximum atomic E-state index is 13.4. The van der Waals surface area contributed by atoms with Crippen molar-refractivity contribution in [2.24, 2.45) is 0 Å². The van der Waals surface area contributed by atoms with E-state index in [0.29, 0.717) is 33.6 Å². The fourth-order valence-electron chi connectivity index (χ4n) is 3.81. The first-order chi connectivity index (χ1) is 15.9. The quantitative estimate of drug-likeness (QED) is 0.277. The molecule has 3 aromatic carbocycles. The number of amides is 2. The predicted molar refractivity (Wildman–Crippen MR) is 122 cm³/mol. The summed E-state index contributed by atoms with van der Waals surface area (Å²) in [6, 6.07) is 15.4. The van der Waals surface area contributed by atoms with Crippen molar-refractivity contribution in [1.29, 1.82) is 0 Å². The number of halogens is 2. The minimum absolute atomic E-state index is 0.221. The van der Waals surface area contributed by atoms with Gasteiger partial charge in [0.2, 0.25) is 0 Å². The van der Waals surface area contributed by atoms with Gasteiger partial charge in [-0.2, -0.15) is 0 Å². The van der Waals surface area contributed by atoms with Crippen molar-refractivity contribution < 1.29 is 23.5 Å². The first-order valence-electron chi connectivity index (χ1n) is 9.98. The lowest BCUT2D eigenvalue weighted by molar-refractivity contribution is 0.0926. The Balaban J connectivity index is 1.75. The molecule has 5 rings (SSSR count). The van der Waals surface area contributed by atoms with E-state index in [1.165, 1.54) is 37.4 Å². The second kappa shape index (κ2) is 7.86. The van der Waals surface area contributed by atoms with Crippen LogP contribution in [0.3, 0.4) is 0 Å². The summed E-state index contributed by atoms with van der Waals surface area (Å²) < 4.78 is 25.0. The number of pyridine rings is 1. The number of methoxy groups -OCH3 is 1. The number of anilines is 1. The fourth-order valence-corrected chi connectivity index (χ4v) is 3.95. The zero-order valence-corrected chi connectivity index (χ0v) is 18.3. The summed E-state index contributed by atoms with van der Waals surface area (Å²) in [7, 11) is 1.45. The lowest BCUT2D eigenvalue weighted by Gasteiger charge is -2.20. The summed E-state index contributed by atoms with van der Waals surface area (Å²) in [5.74, 6) is -0.399. The van der Waals surface area contributed by atoms with Crippen LogP contribution in [0.1, 0.15) is 26.3 Å². The summed E-state index contributed by atoms with van der Waals surface area (Å²) in [6.45, 7) is 1.78. The lowest BCUT2D eigenvalue weighted by atomic mass is 10.1. The van der Waals surface area contributed by atoms with Gasteiger partial charge in [-0.25, -0.2) is 14.3 Å². The highest BCUT2D eigenvalue weighted by Crippen LogP contribution is 2.45. The van der Waals surface area contributed by atoms with Gasteiger partial charge < -0.3 is 9.47 Å². The number of hydrogen-bond acceptors (Lipinski definition) is 5. The molecule has 1 aromatic heterocycles. The normalized spacial score (nSPS) is 12.9. The number of benzene rings is 3. The molecule has 0 saturated heterocycles. The molecular weight excluding hydrogens is 447 g/mol. The monoisotopic (exact) mass is 462 g/mol. The maximum Gasteiger partial charge on any atom is 0.266 e. The first kappa shape index (κ1) is 20.9. The third-order valence-electron chi connectivity index (χ3n) is 5.42. The molecule has 1 aliphatic heterocycles. The van der Waals surface area contributed by atoms with Gasteiger partial charge in [-0.1, -0.05) is 23.7 Å². The Hall–Kier alpha value is -3.97. The Labute approximate surface area is 193 Å². The molecule has 0 unspecified atom stereocenters. The van der Waals surface area contributed by atoms with E-state index in [2.05, 4.69) is 4.98 Å². The third-order valence-corrected chi connectivity index (χ3v) is 5.80. The highest BCUT2D eigenvalue weighted by Gasteiger charge is 2.38. The summed E-state index contributed by atoms with van der Waals surface area (Å²) >= 11 is 6.32. The first-order valence-corrected chi connectivity index (χ1v) is 10.4. The van der Waals surface area contributed by atoms with Crippen LogP contribution in [0.2, 0.25) is 5.15 Å². The largest absolute Gasteiger partial charge is 0.493 e. The standard InChI is InChI=1S/C25H16ClFN2O4/c1-13-11-18-21(28-23(13)26)19(29-24(30)16-5-3-4-6-17(16)25(29)31)12-20(32-2)22(18)33-15-9-7-14(27)8-10-15/h3-12H,1-2H3. The predicted octanol–water partition coefficient (Wildman–Crippen LogP) is 5.94. The molecule has 4 aromatic rings. The Morgan fingerprint density at radius 3 is 2.21 bits per heavy atom. The van der Waals surface area contributed by atoms with Crippen LogP contribution in [-0.2, 0) is 0 Å². The lowest BCUT2D eigenvalue weighted by Crippen LogP contribution is -2.29. The molecule has 0 atom stereocenters. The fraction of sp³-hybridized carbons (Fsp3) is 0.0800. The second-order valence-corrected chi connectivity index (χ2v) is 7.82. The zero-order chi connectivity index (χ0) is 23.3. The molecule has 2 heterocycles. The molecule has 0 fully saturated rings. The molecule has 0 aliphatic carbocycles. The average molecular weight is 463 g/mol. The number of rotatable bonds is 4. The van der Waals surface area contributed by atoms with E-state index in [1.54, 1.807) is 37.3 Å². The number of carbonyl (C=O) groups is 2. The molecule has 0 radical (unpaired) electrons. The van der Waals surface area contributed by atoms with Crippen LogP contribution >= 0.6 is 11.6 Å². The SMILES string of the molecule is COc1cc(N2C(=O)c3ccccc3C2=O)c2nc(Cl)c(C)cc2c1Oc1ccc(F)cc1. The van der Waals surface area contributed by atoms with Crippen molar-refractivity contribution in [2.75, 3.05) is 12.0 Å². The highest BCUT2D eigenvalue weighted by atomic mass is 35.5. The number of imide groups is 1. The van der Waals surface area contributed by atoms with Gasteiger partial charge in [0.1, 0.15) is 22.2 Å². The van der Waals surface area contributed by atoms with Crippen LogP contribution in [0.4, 0.5) is 10.1 Å². The molecule has 2 amide bonds. The van der Waals surface area contributed by atoms with Gasteiger partial charge in [-0.05, 0) is 55.0 Å². The molecule has 33 heavy (non-hydrogen) atoms. The molecule has 164 valence electrons. The summed E-state index contributed by atoms with van der Waals surface area (Å²) in [4.78, 5) is 31.8. The maximum absolute atomic E-state index is 13.4. The molecule has 8 heteroatoms. The summed E-state index contributed by atoms with van der Waals surface area (Å²) in [5.41, 5.74) is 1.79. The van der Waals surface area contributed by atoms with Crippen molar-refractivity contribution in [1.82, 2.24) is 4.98 Å². The Kier molecular flexibility index (Phi) is 4.98. The van der Waals surface area contributed by atoms with Crippen molar-refractivity contribution in [2.45, 2.75) is 6.92 Å². The highest BCUT2D eigenvalue weighted by molar-refractivity contribution is 6.36. The number of aromatic nitrogens is 1. The summed E-state index contributed by atoms with van der Waals surface area (Å²) in [5, 5.41) is 0.699. The molecule has 0 N–H and O–H groups in total. The van der Waals surface area contributed by atoms with E-state index in [0.717, 1.165) is 4.90 Å². The molecule has 0 spiro atoms. The van der Waals surface area contributed by atoms with E-state index < -0.39 is 17.6 Å². The van der Waals surface area contributed by atoms with Crippen LogP contribution < -0.4 is 14.4 Å². The van der Waals surface area contributed by atoms with Crippen LogP contribution in [0.25, 0.3) is 10.9 Å². The van der Waals surface area contributed by atoms with E-state index in [9.17, 15) is 14.0 Å². The van der Waals surface area contributed by atoms with Crippen molar-refractivity contribution in [3.8, 4) is 17.2 Å². The third kappa shape index (κ3) is 3.37. The van der Waals surface area contributed by atoms with Gasteiger partial charge in [0, 0.05) is 11.5 Å². The Morgan fingerprint density at radius 1 is 0.970 bits per heavy atom. The van der Waals surface area contributed by atoms with Gasteiger partial charge in [-0.3, -0.25) is 9.59 Å². The number of ether oxygens (including phenoxy) is 2. The van der Waals surface area contributed by atoms with Gasteiger partial charge in [0.25, 0.3) is 11.8 Å². The zero-order valence-electron chi connectivity index (χ0n) is 17.6. The second-order valence-electron chi connectivity index (χ2n) is 7.47. The smallest absolute Gasteiger partial charge is 0.266 e. The van der Waals surface area contributed by atoms with Crippen LogP contribution in [0.5, 0.6) is 17.2 Å². The number of hydrogen-bond donors (Lipinski definition) is 0. The van der Waals surface area contributed by atoms with E-state index in [4.69, 9.17) is 21.1 Å². The average Bonchev–Trinajstić information content (AvgIpc) is 3.07. The minimum Gasteiger partial charge on any atom is -0.493 e. The van der Waals surface area contributed by atoms with Gasteiger partial charge in [0.15, 0.2) is 11.5 Å². The van der Waals surface area contributed by atoms with E-state index >= 15 is 0 Å². The minimum atomic E-state index is -0.468. The topological polar surface area (TPSA) is 68.7 Å². The number of fused-ring (bicyclic) bond motifs is 2. The van der Waals surface area contributed by atoms with Gasteiger partial charge in [0.05, 0.1) is 23.9 Å². The molecule has 0 saturated carbocycles. The molecule has 0 bridgehead atoms. The van der Waals surface area contributed by atoms with Crippen LogP contribution in [0, 0.1) is 12.7 Å².